The summed E-state index contributed by atoms with van der Waals surface area (Å²) in [5.41, 5.74) is 0.0111. The summed E-state index contributed by atoms with van der Waals surface area (Å²) in [5, 5.41) is 4.93. The van der Waals surface area contributed by atoms with Crippen LogP contribution < -0.4 is 10.6 Å². The summed E-state index contributed by atoms with van der Waals surface area (Å²) in [6.45, 7) is 0. The maximum Gasteiger partial charge on any atom is 0.260 e. The molecule has 8 heteroatoms. The van der Waals surface area contributed by atoms with Gasteiger partial charge >= 0.3 is 0 Å². The molecule has 24 heavy (non-hydrogen) atoms. The number of nitrogens with one attached hydrogen (secondary N) is 2. The minimum Gasteiger partial charge on any atom is -0.322 e. The first-order chi connectivity index (χ1) is 11.5. The standard InChI is InChI=1S/C16H12ClF2N3O2/c17-10-2-1-3-11(18)14(10)16(24)21-8-4-5-20-13(6-8)22-15(23)9-7-12(9)19/h1-6,9,12H,7H2,(H2,20,21,22,23,24). The molecule has 5 nitrogen and oxygen atoms in total. The first-order valence-corrected chi connectivity index (χ1v) is 7.50. The molecule has 1 aliphatic rings. The summed E-state index contributed by atoms with van der Waals surface area (Å²) in [5.74, 6) is -2.42. The number of benzene rings is 1. The highest BCUT2D eigenvalue weighted by Gasteiger charge is 2.43. The number of carbonyl (C=O) groups is 2. The van der Waals surface area contributed by atoms with E-state index in [2.05, 4.69) is 15.6 Å². The van der Waals surface area contributed by atoms with Gasteiger partial charge in [-0.3, -0.25) is 9.59 Å². The molecule has 124 valence electrons. The van der Waals surface area contributed by atoms with Gasteiger partial charge in [0.2, 0.25) is 5.91 Å². The lowest BCUT2D eigenvalue weighted by Gasteiger charge is -2.09. The van der Waals surface area contributed by atoms with E-state index in [9.17, 15) is 18.4 Å². The van der Waals surface area contributed by atoms with Crippen LogP contribution in [0.3, 0.4) is 0 Å². The Morgan fingerprint density at radius 2 is 2.00 bits per heavy atom. The molecular weight excluding hydrogens is 340 g/mol. The van der Waals surface area contributed by atoms with Crippen molar-refractivity contribution in [2.24, 2.45) is 5.92 Å². The highest BCUT2D eigenvalue weighted by molar-refractivity contribution is 6.34. The maximum atomic E-state index is 13.7. The zero-order valence-corrected chi connectivity index (χ0v) is 13.0. The molecule has 1 heterocycles. The third-order valence-electron chi connectivity index (χ3n) is 3.51. The van der Waals surface area contributed by atoms with Crippen LogP contribution in [0.4, 0.5) is 20.3 Å². The van der Waals surface area contributed by atoms with Crippen LogP contribution >= 0.6 is 11.6 Å². The minimum atomic E-state index is -1.11. The minimum absolute atomic E-state index is 0.0159. The fourth-order valence-corrected chi connectivity index (χ4v) is 2.39. The summed E-state index contributed by atoms with van der Waals surface area (Å²) in [7, 11) is 0. The molecule has 1 aromatic heterocycles. The van der Waals surface area contributed by atoms with Crippen molar-refractivity contribution in [3.8, 4) is 0 Å². The third-order valence-corrected chi connectivity index (χ3v) is 3.82. The van der Waals surface area contributed by atoms with E-state index in [4.69, 9.17) is 11.6 Å². The molecule has 2 unspecified atom stereocenters. The first kappa shape index (κ1) is 16.3. The van der Waals surface area contributed by atoms with Crippen LogP contribution in [0.15, 0.2) is 36.5 Å². The largest absolute Gasteiger partial charge is 0.322 e. The van der Waals surface area contributed by atoms with Crippen LogP contribution in [0, 0.1) is 11.7 Å². The maximum absolute atomic E-state index is 13.7. The third kappa shape index (κ3) is 3.51. The molecule has 0 spiro atoms. The molecule has 2 atom stereocenters. The molecule has 0 aliphatic heterocycles. The predicted octanol–water partition coefficient (Wildman–Crippen LogP) is 3.42. The number of hydrogen-bond acceptors (Lipinski definition) is 3. The lowest BCUT2D eigenvalue weighted by Crippen LogP contribution is -2.17. The number of amides is 2. The SMILES string of the molecule is O=C(Nc1ccnc(NC(=O)C2CC2F)c1)c1c(F)cccc1Cl. The second-order valence-electron chi connectivity index (χ2n) is 5.33. The first-order valence-electron chi connectivity index (χ1n) is 7.12. The monoisotopic (exact) mass is 351 g/mol. The van der Waals surface area contributed by atoms with Gasteiger partial charge in [-0.05, 0) is 24.6 Å². The normalized spacial score (nSPS) is 18.8. The van der Waals surface area contributed by atoms with Crippen molar-refractivity contribution in [2.75, 3.05) is 10.6 Å². The van der Waals surface area contributed by atoms with E-state index in [1.54, 1.807) is 0 Å². The Morgan fingerprint density at radius 1 is 1.25 bits per heavy atom. The number of halogens is 3. The molecule has 2 aromatic rings. The zero-order valence-electron chi connectivity index (χ0n) is 12.2. The molecule has 1 aliphatic carbocycles. The average molecular weight is 352 g/mol. The van der Waals surface area contributed by atoms with E-state index in [0.29, 0.717) is 0 Å². The Kier molecular flexibility index (Phi) is 4.44. The van der Waals surface area contributed by atoms with E-state index in [1.807, 2.05) is 0 Å². The van der Waals surface area contributed by atoms with Crippen LogP contribution in [0.5, 0.6) is 0 Å². The van der Waals surface area contributed by atoms with Crippen LogP contribution in [0.1, 0.15) is 16.8 Å². The molecule has 2 amide bonds. The number of rotatable bonds is 4. The van der Waals surface area contributed by atoms with Gasteiger partial charge in [-0.25, -0.2) is 13.8 Å². The molecule has 0 saturated heterocycles. The van der Waals surface area contributed by atoms with Crippen molar-refractivity contribution in [1.29, 1.82) is 0 Å². The van der Waals surface area contributed by atoms with Gasteiger partial charge in [-0.1, -0.05) is 17.7 Å². The molecule has 0 bridgehead atoms. The summed E-state index contributed by atoms with van der Waals surface area (Å²) < 4.78 is 26.6. The van der Waals surface area contributed by atoms with Crippen molar-refractivity contribution in [3.63, 3.8) is 0 Å². The van der Waals surface area contributed by atoms with E-state index in [1.165, 1.54) is 30.5 Å². The van der Waals surface area contributed by atoms with E-state index < -0.39 is 29.7 Å². The van der Waals surface area contributed by atoms with Crippen molar-refractivity contribution < 1.29 is 18.4 Å². The Hall–Kier alpha value is -2.54. The molecular formula is C16H12ClF2N3O2. The Morgan fingerprint density at radius 3 is 2.67 bits per heavy atom. The number of carbonyl (C=O) groups excluding carboxylic acids is 2. The van der Waals surface area contributed by atoms with Crippen molar-refractivity contribution in [2.45, 2.75) is 12.6 Å². The summed E-state index contributed by atoms with van der Waals surface area (Å²) in [6, 6.07) is 6.78. The zero-order chi connectivity index (χ0) is 17.3. The number of nitrogens with zero attached hydrogens (tertiary/aromatic N) is 1. The van der Waals surface area contributed by atoms with Crippen LogP contribution in [0.2, 0.25) is 5.02 Å². The molecule has 3 rings (SSSR count). The summed E-state index contributed by atoms with van der Waals surface area (Å²) in [4.78, 5) is 27.8. The molecule has 1 aromatic carbocycles. The van der Waals surface area contributed by atoms with Crippen LogP contribution in [-0.4, -0.2) is 23.0 Å². The van der Waals surface area contributed by atoms with E-state index in [-0.39, 0.29) is 28.5 Å². The topological polar surface area (TPSA) is 71.1 Å². The van der Waals surface area contributed by atoms with Crippen molar-refractivity contribution in [1.82, 2.24) is 4.98 Å². The lowest BCUT2D eigenvalue weighted by molar-refractivity contribution is -0.117. The molecule has 0 radical (unpaired) electrons. The fraction of sp³-hybridized carbons (Fsp3) is 0.188. The Bertz CT molecular complexity index is 795. The van der Waals surface area contributed by atoms with Crippen LogP contribution in [-0.2, 0) is 4.79 Å². The van der Waals surface area contributed by atoms with Gasteiger partial charge in [0, 0.05) is 18.0 Å². The van der Waals surface area contributed by atoms with Gasteiger partial charge < -0.3 is 10.6 Å². The van der Waals surface area contributed by atoms with Crippen LogP contribution in [0.25, 0.3) is 0 Å². The fourth-order valence-electron chi connectivity index (χ4n) is 2.14. The Balaban J connectivity index is 1.72. The van der Waals surface area contributed by atoms with Gasteiger partial charge in [0.05, 0.1) is 16.5 Å². The van der Waals surface area contributed by atoms with Gasteiger partial charge in [-0.15, -0.1) is 0 Å². The smallest absolute Gasteiger partial charge is 0.260 e. The van der Waals surface area contributed by atoms with Gasteiger partial charge in [-0.2, -0.15) is 0 Å². The quantitative estimate of drug-likeness (QED) is 0.886. The van der Waals surface area contributed by atoms with Gasteiger partial charge in [0.15, 0.2) is 0 Å². The Labute approximate surface area is 141 Å². The van der Waals surface area contributed by atoms with Gasteiger partial charge in [0.1, 0.15) is 17.8 Å². The van der Waals surface area contributed by atoms with E-state index >= 15 is 0 Å². The van der Waals surface area contributed by atoms with Gasteiger partial charge in [0.25, 0.3) is 5.91 Å². The second-order valence-corrected chi connectivity index (χ2v) is 5.74. The number of aromatic nitrogens is 1. The number of anilines is 2. The summed E-state index contributed by atoms with van der Waals surface area (Å²) in [6.07, 6.45) is 0.443. The van der Waals surface area contributed by atoms with E-state index in [0.717, 1.165) is 6.07 Å². The van der Waals surface area contributed by atoms with Crippen molar-refractivity contribution in [3.05, 3.63) is 52.9 Å². The highest BCUT2D eigenvalue weighted by Crippen LogP contribution is 2.34. The number of alkyl halides is 1. The average Bonchev–Trinajstić information content (AvgIpc) is 3.24. The van der Waals surface area contributed by atoms with Crippen molar-refractivity contribution >= 4 is 34.9 Å². The lowest BCUT2D eigenvalue weighted by atomic mass is 10.2. The summed E-state index contributed by atoms with van der Waals surface area (Å²) >= 11 is 5.84. The molecule has 2 N–H and O–H groups in total. The molecule has 1 saturated carbocycles. The predicted molar refractivity (Wildman–Crippen MR) is 85.2 cm³/mol. The number of hydrogen-bond donors (Lipinski definition) is 2. The highest BCUT2D eigenvalue weighted by atomic mass is 35.5. The number of pyridine rings is 1. The molecule has 1 fully saturated rings. The second kappa shape index (κ2) is 6.52.